The van der Waals surface area contributed by atoms with Crippen LogP contribution in [0.25, 0.3) is 21.8 Å². The zero-order valence-electron chi connectivity index (χ0n) is 17.2. The summed E-state index contributed by atoms with van der Waals surface area (Å²) in [7, 11) is 1.57. The molecule has 0 aliphatic carbocycles. The van der Waals surface area contributed by atoms with Crippen LogP contribution >= 0.6 is 22.9 Å². The number of nitrogens with two attached hydrogens (primary N) is 1. The van der Waals surface area contributed by atoms with Crippen molar-refractivity contribution in [2.24, 2.45) is 5.73 Å². The Morgan fingerprint density at radius 1 is 1.16 bits per heavy atom. The number of amides is 1. The number of para-hydroxylation sites is 1. The Hall–Kier alpha value is -3.56. The van der Waals surface area contributed by atoms with E-state index in [1.807, 2.05) is 31.2 Å². The first-order valence-corrected chi connectivity index (χ1v) is 10.7. The molecule has 0 aliphatic rings. The second-order valence-corrected chi connectivity index (χ2v) is 8.11. The molecular weight excluding hydrogens is 450 g/mol. The standard InChI is InChI=1S/C22H18ClN5O3S/c1-12-9-16(15-5-3-4-6-17(15)30-2)18(20(24)29)19(26-12)21-27-28-22(32-21)31-11-14-8-7-13(23)10-25-14/h3-10H,11H2,1-2H3,(H2,24,29). The summed E-state index contributed by atoms with van der Waals surface area (Å²) in [6.45, 7) is 2.03. The summed E-state index contributed by atoms with van der Waals surface area (Å²) in [5.41, 5.74) is 9.07. The van der Waals surface area contributed by atoms with Crippen molar-refractivity contribution in [3.8, 4) is 32.8 Å². The Morgan fingerprint density at radius 3 is 2.69 bits per heavy atom. The molecule has 0 saturated carbocycles. The van der Waals surface area contributed by atoms with Crippen LogP contribution in [0, 0.1) is 6.92 Å². The number of aromatic nitrogens is 4. The van der Waals surface area contributed by atoms with E-state index in [1.54, 1.807) is 31.5 Å². The lowest BCUT2D eigenvalue weighted by atomic mass is 9.96. The first-order valence-electron chi connectivity index (χ1n) is 9.48. The Labute approximate surface area is 193 Å². The van der Waals surface area contributed by atoms with Crippen molar-refractivity contribution >= 4 is 28.8 Å². The maximum absolute atomic E-state index is 12.5. The predicted molar refractivity (Wildman–Crippen MR) is 122 cm³/mol. The molecule has 162 valence electrons. The lowest BCUT2D eigenvalue weighted by Crippen LogP contribution is -2.15. The van der Waals surface area contributed by atoms with Crippen molar-refractivity contribution in [3.63, 3.8) is 0 Å². The van der Waals surface area contributed by atoms with Gasteiger partial charge >= 0.3 is 0 Å². The van der Waals surface area contributed by atoms with Crippen LogP contribution in [0.1, 0.15) is 21.7 Å². The molecule has 1 amide bonds. The van der Waals surface area contributed by atoms with Gasteiger partial charge in [0.15, 0.2) is 5.01 Å². The molecule has 0 fully saturated rings. The first kappa shape index (κ1) is 21.7. The fraction of sp³-hybridized carbons (Fsp3) is 0.136. The SMILES string of the molecule is COc1ccccc1-c1cc(C)nc(-c2nnc(OCc3ccc(Cl)cn3)s2)c1C(N)=O. The van der Waals surface area contributed by atoms with Gasteiger partial charge in [-0.25, -0.2) is 4.98 Å². The van der Waals surface area contributed by atoms with Gasteiger partial charge in [-0.2, -0.15) is 0 Å². The molecule has 4 aromatic rings. The molecule has 0 spiro atoms. The first-order chi connectivity index (χ1) is 15.5. The van der Waals surface area contributed by atoms with Gasteiger partial charge in [0.05, 0.1) is 23.4 Å². The number of benzene rings is 1. The number of carbonyl (C=O) groups excluding carboxylic acids is 1. The van der Waals surface area contributed by atoms with Crippen LogP contribution in [-0.4, -0.2) is 33.2 Å². The molecule has 8 nitrogen and oxygen atoms in total. The zero-order valence-corrected chi connectivity index (χ0v) is 18.8. The lowest BCUT2D eigenvalue weighted by molar-refractivity contribution is 0.100. The minimum absolute atomic E-state index is 0.197. The monoisotopic (exact) mass is 467 g/mol. The number of methoxy groups -OCH3 is 1. The van der Waals surface area contributed by atoms with Gasteiger partial charge in [-0.1, -0.05) is 46.2 Å². The van der Waals surface area contributed by atoms with Gasteiger partial charge in [0, 0.05) is 23.0 Å². The predicted octanol–water partition coefficient (Wildman–Crippen LogP) is 4.31. The summed E-state index contributed by atoms with van der Waals surface area (Å²) in [4.78, 5) is 21.2. The quantitative estimate of drug-likeness (QED) is 0.430. The van der Waals surface area contributed by atoms with Crippen molar-refractivity contribution in [1.29, 1.82) is 0 Å². The summed E-state index contributed by atoms with van der Waals surface area (Å²) < 4.78 is 11.2. The van der Waals surface area contributed by atoms with Crippen molar-refractivity contribution in [2.75, 3.05) is 7.11 Å². The van der Waals surface area contributed by atoms with Crippen molar-refractivity contribution < 1.29 is 14.3 Å². The minimum atomic E-state index is -0.628. The molecule has 0 aliphatic heterocycles. The number of primary amides is 1. The van der Waals surface area contributed by atoms with E-state index in [4.69, 9.17) is 26.8 Å². The number of hydrogen-bond donors (Lipinski definition) is 1. The third-order valence-corrected chi connectivity index (χ3v) is 5.60. The van der Waals surface area contributed by atoms with Gasteiger partial charge in [0.25, 0.3) is 11.1 Å². The molecule has 0 saturated heterocycles. The molecule has 32 heavy (non-hydrogen) atoms. The number of rotatable bonds is 7. The summed E-state index contributed by atoms with van der Waals surface area (Å²) in [5, 5.41) is 9.51. The Kier molecular flexibility index (Phi) is 6.29. The zero-order chi connectivity index (χ0) is 22.7. The van der Waals surface area contributed by atoms with E-state index in [-0.39, 0.29) is 12.2 Å². The number of hydrogen-bond acceptors (Lipinski definition) is 8. The highest BCUT2D eigenvalue weighted by Gasteiger charge is 2.23. The van der Waals surface area contributed by atoms with Gasteiger partial charge in [0.2, 0.25) is 0 Å². The average molecular weight is 468 g/mol. The van der Waals surface area contributed by atoms with E-state index in [9.17, 15) is 4.79 Å². The third-order valence-electron chi connectivity index (χ3n) is 4.53. The van der Waals surface area contributed by atoms with E-state index in [2.05, 4.69) is 20.2 Å². The van der Waals surface area contributed by atoms with E-state index < -0.39 is 5.91 Å². The fourth-order valence-electron chi connectivity index (χ4n) is 3.15. The summed E-state index contributed by atoms with van der Waals surface area (Å²) >= 11 is 7.02. The maximum Gasteiger partial charge on any atom is 0.294 e. The van der Waals surface area contributed by atoms with Crippen LogP contribution < -0.4 is 15.2 Å². The molecule has 0 radical (unpaired) electrons. The van der Waals surface area contributed by atoms with Gasteiger partial charge in [-0.3, -0.25) is 9.78 Å². The van der Waals surface area contributed by atoms with Gasteiger partial charge in [0.1, 0.15) is 18.1 Å². The highest BCUT2D eigenvalue weighted by molar-refractivity contribution is 7.16. The van der Waals surface area contributed by atoms with E-state index in [1.165, 1.54) is 0 Å². The molecule has 1 aromatic carbocycles. The van der Waals surface area contributed by atoms with Crippen LogP contribution in [0.15, 0.2) is 48.7 Å². The second-order valence-electron chi connectivity index (χ2n) is 6.73. The topological polar surface area (TPSA) is 113 Å². The lowest BCUT2D eigenvalue weighted by Gasteiger charge is -2.14. The Balaban J connectivity index is 1.72. The molecule has 0 bridgehead atoms. The van der Waals surface area contributed by atoms with Crippen LogP contribution in [0.4, 0.5) is 0 Å². The molecule has 4 rings (SSSR count). The van der Waals surface area contributed by atoms with Crippen LogP contribution in [0.2, 0.25) is 5.02 Å². The average Bonchev–Trinajstić information content (AvgIpc) is 3.27. The normalized spacial score (nSPS) is 10.7. The Bertz CT molecular complexity index is 1280. The fourth-order valence-corrected chi connectivity index (χ4v) is 3.95. The van der Waals surface area contributed by atoms with Crippen LogP contribution in [0.3, 0.4) is 0 Å². The highest BCUT2D eigenvalue weighted by Crippen LogP contribution is 2.38. The third kappa shape index (κ3) is 4.53. The van der Waals surface area contributed by atoms with Crippen molar-refractivity contribution in [2.45, 2.75) is 13.5 Å². The number of carbonyl (C=O) groups is 1. The summed E-state index contributed by atoms with van der Waals surface area (Å²) in [6, 6.07) is 12.7. The number of aryl methyl sites for hydroxylation is 1. The minimum Gasteiger partial charge on any atom is -0.496 e. The maximum atomic E-state index is 12.5. The molecule has 0 unspecified atom stereocenters. The molecule has 0 atom stereocenters. The van der Waals surface area contributed by atoms with E-state index in [0.717, 1.165) is 16.9 Å². The summed E-state index contributed by atoms with van der Waals surface area (Å²) in [6.07, 6.45) is 1.54. The number of nitrogens with zero attached hydrogens (tertiary/aromatic N) is 4. The number of halogens is 1. The molecule has 3 aromatic heterocycles. The van der Waals surface area contributed by atoms with Gasteiger partial charge < -0.3 is 15.2 Å². The number of pyridine rings is 2. The molecule has 10 heteroatoms. The van der Waals surface area contributed by atoms with E-state index in [0.29, 0.717) is 43.6 Å². The highest BCUT2D eigenvalue weighted by atomic mass is 35.5. The summed E-state index contributed by atoms with van der Waals surface area (Å²) in [5.74, 6) is -0.0141. The molecule has 2 N–H and O–H groups in total. The van der Waals surface area contributed by atoms with Crippen molar-refractivity contribution in [1.82, 2.24) is 20.2 Å². The van der Waals surface area contributed by atoms with Crippen LogP contribution in [0.5, 0.6) is 10.9 Å². The van der Waals surface area contributed by atoms with Gasteiger partial charge in [-0.05, 0) is 31.2 Å². The van der Waals surface area contributed by atoms with E-state index >= 15 is 0 Å². The second kappa shape index (κ2) is 9.29. The van der Waals surface area contributed by atoms with Crippen LogP contribution in [-0.2, 0) is 6.61 Å². The number of ether oxygens (including phenoxy) is 2. The smallest absolute Gasteiger partial charge is 0.294 e. The molecular formula is C22H18ClN5O3S. The van der Waals surface area contributed by atoms with Gasteiger partial charge in [-0.15, -0.1) is 5.10 Å². The van der Waals surface area contributed by atoms with Crippen molar-refractivity contribution in [3.05, 3.63) is 70.6 Å². The molecule has 3 heterocycles. The Morgan fingerprint density at radius 2 is 1.97 bits per heavy atom. The largest absolute Gasteiger partial charge is 0.496 e.